The fourth-order valence-corrected chi connectivity index (χ4v) is 13.4. The topological polar surface area (TPSA) is 170 Å². The van der Waals surface area contributed by atoms with E-state index in [9.17, 15) is 15.6 Å². The predicted octanol–water partition coefficient (Wildman–Crippen LogP) is 9.79. The number of hydrogen-bond donors (Lipinski definition) is 6. The molecule has 4 heterocycles. The number of rotatable bonds is 14. The molecule has 2 unspecified atom stereocenters. The van der Waals surface area contributed by atoms with Crippen molar-refractivity contribution in [2.45, 2.75) is 119 Å². The van der Waals surface area contributed by atoms with E-state index in [1.165, 1.54) is 62.7 Å². The number of aliphatic imine (C=N–C) groups is 1. The van der Waals surface area contributed by atoms with Crippen molar-refractivity contribution >= 4 is 43.9 Å². The molecule has 3 aromatic rings. The highest BCUT2D eigenvalue weighted by molar-refractivity contribution is 7.22. The molecule has 1 saturated heterocycles. The molecule has 60 heavy (non-hydrogen) atoms. The van der Waals surface area contributed by atoms with Crippen LogP contribution in [-0.4, -0.2) is 74.9 Å². The van der Waals surface area contributed by atoms with E-state index >= 15 is 0 Å². The standard InChI is InChI=1S/C45H61N9O3S.C2H6/c1-29(38(46)52-41-50-34-12-6-7-13-35(34)58-41)31-11-8-19-53(39(31)47)36-15-14-32(37(51-36)40(55)56)33-21-49-54(30(33)2)28-45-25-42(3)22-43(4,26-45)24-44(23-42,27-45)16-9-17-48-18-10-20-57-5;1-2/h6-7,12-15,21,47-48,51,55-56H,8-11,16-20,22-28H2,1-5H3,(H2,46,50,52);1-2H3/b31-29-,47-39?;. The Kier molecular flexibility index (Phi) is 12.7. The van der Waals surface area contributed by atoms with Gasteiger partial charge < -0.3 is 36.2 Å². The molecule has 13 heteroatoms. The number of nitrogens with one attached hydrogen (secondary N) is 3. The van der Waals surface area contributed by atoms with E-state index < -0.39 is 5.95 Å². The van der Waals surface area contributed by atoms with E-state index in [0.717, 1.165) is 71.7 Å². The number of dihydropyridines is 1. The Bertz CT molecular complexity index is 2190. The summed E-state index contributed by atoms with van der Waals surface area (Å²) in [6, 6.07) is 7.90. The number of allylic oxidation sites excluding steroid dienone is 3. The van der Waals surface area contributed by atoms with Crippen LogP contribution in [0.5, 0.6) is 0 Å². The molecule has 0 spiro atoms. The number of likely N-dealkylation sites (tertiary alicyclic amines) is 1. The maximum Gasteiger partial charge on any atom is 0.299 e. The number of aliphatic hydroxyl groups is 2. The number of piperidine rings is 1. The normalized spacial score (nSPS) is 28.3. The molecule has 4 saturated carbocycles. The minimum Gasteiger partial charge on any atom is -0.480 e. The van der Waals surface area contributed by atoms with Crippen LogP contribution in [0, 0.1) is 34.0 Å². The minimum atomic E-state index is -0.802. The van der Waals surface area contributed by atoms with Crippen LogP contribution in [0.1, 0.15) is 117 Å². The molecule has 1 aromatic carbocycles. The van der Waals surface area contributed by atoms with Crippen molar-refractivity contribution in [3.05, 3.63) is 82.5 Å². The summed E-state index contributed by atoms with van der Waals surface area (Å²) < 4.78 is 8.45. The highest BCUT2D eigenvalue weighted by Gasteiger charge is 2.65. The largest absolute Gasteiger partial charge is 0.480 e. The molecule has 4 aliphatic carbocycles. The SMILES string of the molecule is CC.COCCCNCCCC12CC3(C)CC(C)(C1)CC(Cn1ncc(C4=CC=C(N5CCC/C(=C(C)/C(N)=N\c6nc7ccccc7s6)C5=N)NC4=C(O)O)c1C)(C3)C2. The summed E-state index contributed by atoms with van der Waals surface area (Å²) >= 11 is 1.48. The fraction of sp³-hybridized carbons (Fsp3) is 0.574. The molecular formula is C47H67N9O3S. The first-order valence-electron chi connectivity index (χ1n) is 22.0. The lowest BCUT2D eigenvalue weighted by Crippen LogP contribution is -2.60. The molecule has 0 amide bonds. The zero-order valence-corrected chi connectivity index (χ0v) is 37.7. The van der Waals surface area contributed by atoms with Gasteiger partial charge in [0, 0.05) is 49.2 Å². The summed E-state index contributed by atoms with van der Waals surface area (Å²) in [5.41, 5.74) is 12.9. The Morgan fingerprint density at radius 2 is 1.75 bits per heavy atom. The van der Waals surface area contributed by atoms with Crippen LogP contribution in [0.15, 0.2) is 76.2 Å². The molecule has 2 aliphatic heterocycles. The molecule has 12 nitrogen and oxygen atoms in total. The van der Waals surface area contributed by atoms with Crippen molar-refractivity contribution in [1.82, 2.24) is 30.3 Å². The van der Waals surface area contributed by atoms with Gasteiger partial charge in [-0.1, -0.05) is 51.2 Å². The summed E-state index contributed by atoms with van der Waals surface area (Å²) in [4.78, 5) is 11.1. The number of aromatic nitrogens is 3. The quantitative estimate of drug-likeness (QED) is 0.0401. The molecule has 2 aromatic heterocycles. The van der Waals surface area contributed by atoms with E-state index in [2.05, 4.69) is 46.1 Å². The second-order valence-corrected chi connectivity index (χ2v) is 19.8. The first-order chi connectivity index (χ1) is 28.7. The zero-order valence-electron chi connectivity index (χ0n) is 36.9. The van der Waals surface area contributed by atoms with Crippen molar-refractivity contribution in [3.8, 4) is 0 Å². The lowest BCUT2D eigenvalue weighted by Gasteiger charge is -2.70. The maximum atomic E-state index is 10.7. The second-order valence-electron chi connectivity index (χ2n) is 18.8. The van der Waals surface area contributed by atoms with Gasteiger partial charge in [0.1, 0.15) is 23.2 Å². The van der Waals surface area contributed by atoms with Crippen LogP contribution in [0.2, 0.25) is 0 Å². The maximum absolute atomic E-state index is 10.7. The van der Waals surface area contributed by atoms with E-state index in [4.69, 9.17) is 15.6 Å². The average molecular weight is 838 g/mol. The molecule has 324 valence electrons. The molecular weight excluding hydrogens is 771 g/mol. The summed E-state index contributed by atoms with van der Waals surface area (Å²) in [6.07, 6.45) is 18.4. The number of thiazole rings is 1. The van der Waals surface area contributed by atoms with E-state index in [1.807, 2.05) is 68.3 Å². The number of amidine groups is 2. The number of nitrogens with two attached hydrogens (primary N) is 1. The van der Waals surface area contributed by atoms with Crippen LogP contribution in [0.4, 0.5) is 5.13 Å². The number of para-hydroxylation sites is 1. The third-order valence-corrected chi connectivity index (χ3v) is 14.5. The van der Waals surface area contributed by atoms with Gasteiger partial charge >= 0.3 is 0 Å². The number of methoxy groups -OCH3 is 1. The van der Waals surface area contributed by atoms with Gasteiger partial charge in [0.2, 0.25) is 5.13 Å². The Morgan fingerprint density at radius 1 is 1.03 bits per heavy atom. The molecule has 5 fully saturated rings. The average Bonchev–Trinajstić information content (AvgIpc) is 3.78. The van der Waals surface area contributed by atoms with Crippen molar-refractivity contribution < 1.29 is 14.9 Å². The second kappa shape index (κ2) is 17.5. The molecule has 9 rings (SSSR count). The number of fused-ring (bicyclic) bond motifs is 1. The summed E-state index contributed by atoms with van der Waals surface area (Å²) in [6.45, 7) is 17.4. The number of nitrogens with zero attached hydrogens (tertiary/aromatic N) is 5. The monoisotopic (exact) mass is 838 g/mol. The number of ether oxygens (including phenoxy) is 1. The third-order valence-electron chi connectivity index (χ3n) is 13.6. The van der Waals surface area contributed by atoms with E-state index in [-0.39, 0.29) is 11.1 Å². The first kappa shape index (κ1) is 43.6. The van der Waals surface area contributed by atoms with Crippen molar-refractivity contribution in [2.75, 3.05) is 33.4 Å². The van der Waals surface area contributed by atoms with Gasteiger partial charge in [-0.2, -0.15) is 5.10 Å². The lowest BCUT2D eigenvalue weighted by molar-refractivity contribution is -0.197. The molecule has 7 N–H and O–H groups in total. The van der Waals surface area contributed by atoms with Gasteiger partial charge in [0.15, 0.2) is 0 Å². The smallest absolute Gasteiger partial charge is 0.299 e. The van der Waals surface area contributed by atoms with Crippen molar-refractivity contribution in [3.63, 3.8) is 0 Å². The third kappa shape index (κ3) is 8.81. The van der Waals surface area contributed by atoms with Crippen LogP contribution >= 0.6 is 11.3 Å². The first-order valence-corrected chi connectivity index (χ1v) is 22.9. The van der Waals surface area contributed by atoms with Gasteiger partial charge in [-0.15, -0.1) is 0 Å². The Balaban J connectivity index is 0.00000268. The van der Waals surface area contributed by atoms with E-state index in [1.54, 1.807) is 7.11 Å². The van der Waals surface area contributed by atoms with Crippen LogP contribution < -0.4 is 16.4 Å². The van der Waals surface area contributed by atoms with Crippen LogP contribution in [-0.2, 0) is 11.3 Å². The molecule has 0 radical (unpaired) electrons. The molecule has 4 bridgehead atoms. The highest BCUT2D eigenvalue weighted by Crippen LogP contribution is 2.75. The lowest BCUT2D eigenvalue weighted by atomic mass is 9.35. The summed E-state index contributed by atoms with van der Waals surface area (Å²) in [5.74, 6) is 0.426. The van der Waals surface area contributed by atoms with Crippen molar-refractivity contribution in [1.29, 1.82) is 5.41 Å². The van der Waals surface area contributed by atoms with Gasteiger partial charge in [0.25, 0.3) is 5.95 Å². The summed E-state index contributed by atoms with van der Waals surface area (Å²) in [7, 11) is 1.77. The van der Waals surface area contributed by atoms with Crippen molar-refractivity contribution in [2.24, 2.45) is 32.4 Å². The van der Waals surface area contributed by atoms with Crippen LogP contribution in [0.3, 0.4) is 0 Å². The van der Waals surface area contributed by atoms with Gasteiger partial charge in [-0.25, -0.2) is 9.98 Å². The number of benzene rings is 1. The van der Waals surface area contributed by atoms with E-state index in [0.29, 0.717) is 57.4 Å². The Hall–Kier alpha value is -4.46. The predicted molar refractivity (Wildman–Crippen MR) is 244 cm³/mol. The van der Waals surface area contributed by atoms with Gasteiger partial charge in [0.05, 0.1) is 16.4 Å². The summed E-state index contributed by atoms with van der Waals surface area (Å²) in [5, 5.41) is 43.1. The number of hydrogen-bond acceptors (Lipinski definition) is 10. The molecule has 2 atom stereocenters. The van der Waals surface area contributed by atoms with Gasteiger partial charge in [-0.05, 0) is 149 Å². The van der Waals surface area contributed by atoms with Gasteiger partial charge in [-0.3, -0.25) is 10.1 Å². The number of aliphatic hydroxyl groups excluding tert-OH is 1. The fourth-order valence-electron chi connectivity index (χ4n) is 12.6. The zero-order chi connectivity index (χ0) is 42.9. The Morgan fingerprint density at radius 3 is 2.47 bits per heavy atom. The minimum absolute atomic E-state index is 0.183. The molecule has 6 aliphatic rings. The van der Waals surface area contributed by atoms with Crippen LogP contribution in [0.25, 0.3) is 15.8 Å². The Labute approximate surface area is 360 Å². The highest BCUT2D eigenvalue weighted by atomic mass is 32.1.